The first kappa shape index (κ1) is 10.4. The molecule has 0 bridgehead atoms. The van der Waals surface area contributed by atoms with Crippen molar-refractivity contribution in [2.45, 2.75) is 0 Å². The fourth-order valence-corrected chi connectivity index (χ4v) is 3.10. The Bertz CT molecular complexity index is 732. The third-order valence-electron chi connectivity index (χ3n) is 2.50. The van der Waals surface area contributed by atoms with Gasteiger partial charge in [0.05, 0.1) is 0 Å². The molecule has 2 nitrogen and oxygen atoms in total. The fraction of sp³-hybridized carbons (Fsp3) is 0. The normalized spacial score (nSPS) is 11.2. The van der Waals surface area contributed by atoms with Crippen LogP contribution in [0.1, 0.15) is 0 Å². The molecule has 3 aromatic rings. The standard InChI is InChI=1S/C12H6F2O2P/c13-7-1-3-9-11(5-7)17(15)12-6-8(14)2-4-10(12)16-9/h1-6H/q+1. The van der Waals surface area contributed by atoms with Crippen LogP contribution in [0.2, 0.25) is 0 Å². The summed E-state index contributed by atoms with van der Waals surface area (Å²) in [4.78, 5) is 0. The first-order valence-electron chi connectivity index (χ1n) is 4.89. The second-order valence-electron chi connectivity index (χ2n) is 3.62. The molecule has 0 amide bonds. The van der Waals surface area contributed by atoms with E-state index < -0.39 is 19.0 Å². The molecule has 0 radical (unpaired) electrons. The van der Waals surface area contributed by atoms with E-state index in [2.05, 4.69) is 0 Å². The Morgan fingerprint density at radius 1 is 0.882 bits per heavy atom. The van der Waals surface area contributed by atoms with E-state index in [-0.39, 0.29) is 10.2 Å². The molecular weight excluding hydrogens is 245 g/mol. The molecule has 0 N–H and O–H groups in total. The maximum atomic E-state index is 13.1. The first-order chi connectivity index (χ1) is 8.15. The van der Waals surface area contributed by atoms with Gasteiger partial charge in [0, 0.05) is 12.1 Å². The van der Waals surface area contributed by atoms with E-state index in [1.54, 1.807) is 0 Å². The molecule has 1 aromatic heterocycles. The average molecular weight is 251 g/mol. The molecule has 0 aliphatic carbocycles. The largest absolute Gasteiger partial charge is 0.448 e. The molecule has 0 saturated carbocycles. The molecule has 17 heavy (non-hydrogen) atoms. The molecule has 0 atom stereocenters. The third-order valence-corrected chi connectivity index (χ3v) is 4.07. The second-order valence-corrected chi connectivity index (χ2v) is 5.17. The van der Waals surface area contributed by atoms with Gasteiger partial charge in [-0.2, -0.15) is 0 Å². The van der Waals surface area contributed by atoms with E-state index in [1.807, 2.05) is 0 Å². The van der Waals surface area contributed by atoms with Crippen molar-refractivity contribution in [2.75, 3.05) is 0 Å². The van der Waals surface area contributed by atoms with Gasteiger partial charge >= 0.3 is 7.41 Å². The van der Waals surface area contributed by atoms with Gasteiger partial charge in [-0.25, -0.2) is 8.78 Å². The molecule has 84 valence electrons. The minimum Gasteiger partial charge on any atom is -0.448 e. The highest BCUT2D eigenvalue weighted by Crippen LogP contribution is 2.37. The van der Waals surface area contributed by atoms with Crippen molar-refractivity contribution >= 4 is 28.8 Å². The van der Waals surface area contributed by atoms with Gasteiger partial charge in [0.25, 0.3) is 0 Å². The predicted molar refractivity (Wildman–Crippen MR) is 61.2 cm³/mol. The Balaban J connectivity index is 2.58. The van der Waals surface area contributed by atoms with Gasteiger partial charge in [-0.3, -0.25) is 0 Å². The lowest BCUT2D eigenvalue weighted by molar-refractivity contribution is 0.598. The maximum Gasteiger partial charge on any atom is 0.423 e. The van der Waals surface area contributed by atoms with Crippen LogP contribution < -0.4 is 0 Å². The summed E-state index contributed by atoms with van der Waals surface area (Å²) in [6.07, 6.45) is 0. The minimum atomic E-state index is -2.01. The van der Waals surface area contributed by atoms with Crippen LogP contribution in [-0.4, -0.2) is 0 Å². The van der Waals surface area contributed by atoms with Crippen molar-refractivity contribution in [3.05, 3.63) is 48.0 Å². The highest BCUT2D eigenvalue weighted by atomic mass is 31.1. The summed E-state index contributed by atoms with van der Waals surface area (Å²) >= 11 is 0. The molecule has 2 aromatic carbocycles. The lowest BCUT2D eigenvalue weighted by atomic mass is 10.3. The van der Waals surface area contributed by atoms with Gasteiger partial charge in [-0.1, -0.05) is 4.57 Å². The van der Waals surface area contributed by atoms with E-state index in [0.717, 1.165) is 12.1 Å². The Labute approximate surface area is 95.2 Å². The monoisotopic (exact) mass is 251 g/mol. The van der Waals surface area contributed by atoms with Crippen LogP contribution in [0.15, 0.2) is 40.8 Å². The Morgan fingerprint density at radius 3 is 1.82 bits per heavy atom. The number of halogens is 2. The lowest BCUT2D eigenvalue weighted by Crippen LogP contribution is -1.78. The topological polar surface area (TPSA) is 30.2 Å². The molecule has 3 rings (SSSR count). The van der Waals surface area contributed by atoms with Crippen LogP contribution in [0.25, 0.3) is 21.4 Å². The highest BCUT2D eigenvalue weighted by molar-refractivity contribution is 7.48. The average Bonchev–Trinajstić information content (AvgIpc) is 2.32. The second kappa shape index (κ2) is 3.60. The van der Waals surface area contributed by atoms with Gasteiger partial charge in [0.2, 0.25) is 10.2 Å². The molecular formula is C12H6F2O2P+. The lowest BCUT2D eigenvalue weighted by Gasteiger charge is -1.94. The minimum absolute atomic E-state index is 0.262. The van der Waals surface area contributed by atoms with Gasteiger partial charge in [-0.15, -0.1) is 0 Å². The number of rotatable bonds is 0. The molecule has 1 heterocycles. The molecule has 5 heteroatoms. The van der Waals surface area contributed by atoms with Crippen molar-refractivity contribution in [1.82, 2.24) is 0 Å². The maximum absolute atomic E-state index is 13.1. The fourth-order valence-electron chi connectivity index (χ4n) is 1.72. The molecule has 0 unspecified atom stereocenters. The van der Waals surface area contributed by atoms with Crippen LogP contribution in [0.5, 0.6) is 0 Å². The first-order valence-corrected chi connectivity index (χ1v) is 6.15. The van der Waals surface area contributed by atoms with E-state index >= 15 is 0 Å². The SMILES string of the molecule is O=[p+]1c2cc(F)ccc2oc2ccc(F)cc21. The quantitative estimate of drug-likeness (QED) is 0.546. The summed E-state index contributed by atoms with van der Waals surface area (Å²) in [6, 6.07) is 7.62. The summed E-state index contributed by atoms with van der Waals surface area (Å²) in [5.74, 6) is -0.980. The van der Waals surface area contributed by atoms with Crippen molar-refractivity contribution in [3.63, 3.8) is 0 Å². The van der Waals surface area contributed by atoms with E-state index in [1.165, 1.54) is 24.3 Å². The van der Waals surface area contributed by atoms with Crippen molar-refractivity contribution in [3.8, 4) is 0 Å². The number of fused-ring (bicyclic) bond motifs is 2. The Hall–Kier alpha value is -1.80. The Morgan fingerprint density at radius 2 is 1.35 bits per heavy atom. The molecule has 0 aliphatic heterocycles. The number of hydrogen-bond donors (Lipinski definition) is 0. The number of benzene rings is 2. The van der Waals surface area contributed by atoms with E-state index in [0.29, 0.717) is 11.2 Å². The zero-order valence-corrected chi connectivity index (χ0v) is 9.38. The molecule has 0 fully saturated rings. The van der Waals surface area contributed by atoms with Crippen LogP contribution in [0.4, 0.5) is 8.78 Å². The summed E-state index contributed by atoms with van der Waals surface area (Å²) < 4.78 is 43.7. The van der Waals surface area contributed by atoms with Gasteiger partial charge in [0.15, 0.2) is 11.2 Å². The molecule has 0 aliphatic rings. The highest BCUT2D eigenvalue weighted by Gasteiger charge is 2.19. The van der Waals surface area contributed by atoms with E-state index in [4.69, 9.17) is 4.42 Å². The zero-order chi connectivity index (χ0) is 12.0. The van der Waals surface area contributed by atoms with Crippen LogP contribution in [0, 0.1) is 11.6 Å². The van der Waals surface area contributed by atoms with Gasteiger partial charge < -0.3 is 4.42 Å². The predicted octanol–water partition coefficient (Wildman–Crippen LogP) is 4.61. The molecule has 0 spiro atoms. The van der Waals surface area contributed by atoms with Crippen LogP contribution in [0.3, 0.4) is 0 Å². The van der Waals surface area contributed by atoms with Gasteiger partial charge in [0.1, 0.15) is 11.6 Å². The van der Waals surface area contributed by atoms with E-state index in [9.17, 15) is 13.3 Å². The molecule has 0 saturated heterocycles. The summed E-state index contributed by atoms with van der Waals surface area (Å²) in [6.45, 7) is 0. The van der Waals surface area contributed by atoms with Crippen LogP contribution in [-0.2, 0) is 4.57 Å². The zero-order valence-electron chi connectivity index (χ0n) is 8.48. The van der Waals surface area contributed by atoms with Crippen molar-refractivity contribution < 1.29 is 17.8 Å². The Kier molecular flexibility index (Phi) is 2.20. The van der Waals surface area contributed by atoms with Crippen molar-refractivity contribution in [2.24, 2.45) is 0 Å². The summed E-state index contributed by atoms with van der Waals surface area (Å²) in [7, 11) is -2.01. The number of hydrogen-bond acceptors (Lipinski definition) is 2. The third kappa shape index (κ3) is 1.61. The van der Waals surface area contributed by atoms with Gasteiger partial charge in [-0.05, 0) is 24.3 Å². The van der Waals surface area contributed by atoms with Crippen LogP contribution >= 0.6 is 7.41 Å². The summed E-state index contributed by atoms with van der Waals surface area (Å²) in [5, 5.41) is 0.524. The smallest absolute Gasteiger partial charge is 0.423 e. The summed E-state index contributed by atoms with van der Waals surface area (Å²) in [5.41, 5.74) is 0.707. The van der Waals surface area contributed by atoms with Crippen molar-refractivity contribution in [1.29, 1.82) is 0 Å².